The van der Waals surface area contributed by atoms with Gasteiger partial charge in [0.2, 0.25) is 0 Å². The molecule has 3 heterocycles. The van der Waals surface area contributed by atoms with E-state index in [0.717, 1.165) is 12.0 Å². The zero-order chi connectivity index (χ0) is 12.5. The molecule has 0 spiro atoms. The minimum Gasteiger partial charge on any atom is -0.306 e. The van der Waals surface area contributed by atoms with Crippen LogP contribution in [-0.4, -0.2) is 92.2 Å². The van der Waals surface area contributed by atoms with E-state index in [0.29, 0.717) is 0 Å². The van der Waals surface area contributed by atoms with Crippen molar-refractivity contribution in [2.75, 3.05) is 66.6 Å². The number of hydrogen-bond acceptors (Lipinski definition) is 4. The molecule has 0 radical (unpaired) electrons. The molecule has 104 valence electrons. The fourth-order valence-electron chi connectivity index (χ4n) is 3.80. The number of nitrogens with zero attached hydrogens (tertiary/aromatic N) is 4. The highest BCUT2D eigenvalue weighted by Crippen LogP contribution is 2.29. The van der Waals surface area contributed by atoms with Crippen molar-refractivity contribution in [3.63, 3.8) is 0 Å². The van der Waals surface area contributed by atoms with Crippen LogP contribution in [0.5, 0.6) is 0 Å². The van der Waals surface area contributed by atoms with E-state index in [1.54, 1.807) is 0 Å². The van der Waals surface area contributed by atoms with Crippen LogP contribution in [0.4, 0.5) is 0 Å². The van der Waals surface area contributed by atoms with Crippen LogP contribution in [-0.2, 0) is 0 Å². The van der Waals surface area contributed by atoms with Crippen LogP contribution in [0.1, 0.15) is 12.8 Å². The molecule has 3 aliphatic heterocycles. The average molecular weight is 252 g/mol. The summed E-state index contributed by atoms with van der Waals surface area (Å²) in [4.78, 5) is 10.3. The van der Waals surface area contributed by atoms with Crippen molar-refractivity contribution in [2.45, 2.75) is 18.9 Å². The lowest BCUT2D eigenvalue weighted by Gasteiger charge is -2.44. The molecule has 3 saturated heterocycles. The summed E-state index contributed by atoms with van der Waals surface area (Å²) >= 11 is 0. The van der Waals surface area contributed by atoms with E-state index in [2.05, 4.69) is 33.7 Å². The quantitative estimate of drug-likeness (QED) is 0.712. The lowest BCUT2D eigenvalue weighted by Crippen LogP contribution is -2.56. The van der Waals surface area contributed by atoms with E-state index in [1.165, 1.54) is 65.3 Å². The van der Waals surface area contributed by atoms with Crippen molar-refractivity contribution in [2.24, 2.45) is 5.92 Å². The van der Waals surface area contributed by atoms with Gasteiger partial charge in [0.05, 0.1) is 6.67 Å². The van der Waals surface area contributed by atoms with Crippen LogP contribution in [0.3, 0.4) is 0 Å². The second-order valence-corrected chi connectivity index (χ2v) is 6.57. The van der Waals surface area contributed by atoms with Gasteiger partial charge < -0.3 is 9.80 Å². The average Bonchev–Trinajstić information content (AvgIpc) is 2.76. The van der Waals surface area contributed by atoms with Crippen LogP contribution < -0.4 is 0 Å². The minimum atomic E-state index is 0.876. The van der Waals surface area contributed by atoms with Crippen LogP contribution in [0.25, 0.3) is 0 Å². The molecule has 0 N–H and O–H groups in total. The Kier molecular flexibility index (Phi) is 3.89. The largest absolute Gasteiger partial charge is 0.306 e. The number of likely N-dealkylation sites (tertiary alicyclic amines) is 2. The molecule has 4 heteroatoms. The van der Waals surface area contributed by atoms with Crippen molar-refractivity contribution in [1.82, 2.24) is 19.6 Å². The third-order valence-electron chi connectivity index (χ3n) is 5.03. The van der Waals surface area contributed by atoms with Crippen LogP contribution in [0, 0.1) is 5.92 Å². The van der Waals surface area contributed by atoms with E-state index in [1.807, 2.05) is 0 Å². The summed E-state index contributed by atoms with van der Waals surface area (Å²) in [5.41, 5.74) is 0. The Morgan fingerprint density at radius 1 is 0.889 bits per heavy atom. The lowest BCUT2D eigenvalue weighted by molar-refractivity contribution is 0.0187. The second-order valence-electron chi connectivity index (χ2n) is 6.57. The maximum absolute atomic E-state index is 2.77. The number of likely N-dealkylation sites (N-methyl/N-ethyl adjacent to an activating group) is 1. The maximum Gasteiger partial charge on any atom is 0.0510 e. The van der Waals surface area contributed by atoms with Gasteiger partial charge in [-0.2, -0.15) is 0 Å². The SMILES string of the molecule is CN1CCN(CN2CCCC2C2CN(C)C2)CC1. The Hall–Kier alpha value is -0.160. The van der Waals surface area contributed by atoms with Gasteiger partial charge in [0.25, 0.3) is 0 Å². The van der Waals surface area contributed by atoms with Crippen molar-refractivity contribution < 1.29 is 0 Å². The van der Waals surface area contributed by atoms with E-state index in [9.17, 15) is 0 Å². The molecular formula is C14H28N4. The highest BCUT2D eigenvalue weighted by atomic mass is 15.4. The highest BCUT2D eigenvalue weighted by molar-refractivity contribution is 4.92. The molecule has 3 fully saturated rings. The number of hydrogen-bond donors (Lipinski definition) is 0. The van der Waals surface area contributed by atoms with Gasteiger partial charge in [-0.15, -0.1) is 0 Å². The van der Waals surface area contributed by atoms with E-state index < -0.39 is 0 Å². The van der Waals surface area contributed by atoms with Crippen molar-refractivity contribution in [3.05, 3.63) is 0 Å². The molecule has 0 aromatic carbocycles. The van der Waals surface area contributed by atoms with Gasteiger partial charge >= 0.3 is 0 Å². The third-order valence-corrected chi connectivity index (χ3v) is 5.03. The first-order chi connectivity index (χ1) is 8.72. The van der Waals surface area contributed by atoms with E-state index in [4.69, 9.17) is 0 Å². The van der Waals surface area contributed by atoms with Crippen molar-refractivity contribution in [3.8, 4) is 0 Å². The fraction of sp³-hybridized carbons (Fsp3) is 1.00. The van der Waals surface area contributed by atoms with Crippen molar-refractivity contribution in [1.29, 1.82) is 0 Å². The Bertz CT molecular complexity index is 269. The van der Waals surface area contributed by atoms with Gasteiger partial charge in [0.15, 0.2) is 0 Å². The van der Waals surface area contributed by atoms with Crippen molar-refractivity contribution >= 4 is 0 Å². The summed E-state index contributed by atoms with van der Waals surface area (Å²) in [6, 6.07) is 0.876. The van der Waals surface area contributed by atoms with Crippen LogP contribution in [0.2, 0.25) is 0 Å². The summed E-state index contributed by atoms with van der Waals surface area (Å²) in [7, 11) is 4.48. The first-order valence-corrected chi connectivity index (χ1v) is 7.56. The first-order valence-electron chi connectivity index (χ1n) is 7.56. The summed E-state index contributed by atoms with van der Waals surface area (Å²) in [5.74, 6) is 0.949. The minimum absolute atomic E-state index is 0.876. The molecule has 1 atom stereocenters. The molecular weight excluding hydrogens is 224 g/mol. The summed E-state index contributed by atoms with van der Waals surface area (Å²) in [6.07, 6.45) is 2.85. The predicted molar refractivity (Wildman–Crippen MR) is 74.7 cm³/mol. The smallest absolute Gasteiger partial charge is 0.0510 e. The van der Waals surface area contributed by atoms with Gasteiger partial charge in [-0.05, 0) is 39.4 Å². The number of rotatable bonds is 3. The number of piperazine rings is 1. The first kappa shape index (κ1) is 12.9. The van der Waals surface area contributed by atoms with Crippen LogP contribution in [0.15, 0.2) is 0 Å². The summed E-state index contributed by atoms with van der Waals surface area (Å²) in [6.45, 7) is 10.2. The predicted octanol–water partition coefficient (Wildman–Crippen LogP) is 0.217. The Balaban J connectivity index is 1.49. The second kappa shape index (κ2) is 5.45. The molecule has 3 rings (SSSR count). The van der Waals surface area contributed by atoms with Crippen LogP contribution >= 0.6 is 0 Å². The van der Waals surface area contributed by atoms with E-state index >= 15 is 0 Å². The van der Waals surface area contributed by atoms with Gasteiger partial charge in [-0.1, -0.05) is 0 Å². The molecule has 0 aliphatic carbocycles. The standard InChI is InChI=1S/C14H28N4/c1-15-6-8-17(9-7-15)12-18-5-3-4-14(18)13-10-16(2)11-13/h13-14H,3-12H2,1-2H3. The normalized spacial score (nSPS) is 34.0. The molecule has 18 heavy (non-hydrogen) atoms. The Morgan fingerprint density at radius 3 is 2.28 bits per heavy atom. The molecule has 0 aromatic heterocycles. The molecule has 0 aromatic rings. The Morgan fingerprint density at radius 2 is 1.61 bits per heavy atom. The molecule has 4 nitrogen and oxygen atoms in total. The van der Waals surface area contributed by atoms with E-state index in [-0.39, 0.29) is 0 Å². The third kappa shape index (κ3) is 2.72. The Labute approximate surface area is 112 Å². The molecule has 1 unspecified atom stereocenters. The fourth-order valence-corrected chi connectivity index (χ4v) is 3.80. The molecule has 0 amide bonds. The van der Waals surface area contributed by atoms with Gasteiger partial charge in [0.1, 0.15) is 0 Å². The zero-order valence-corrected chi connectivity index (χ0v) is 12.0. The molecule has 0 bridgehead atoms. The van der Waals surface area contributed by atoms with Gasteiger partial charge in [-0.3, -0.25) is 9.80 Å². The maximum atomic E-state index is 2.77. The molecule has 3 aliphatic rings. The zero-order valence-electron chi connectivity index (χ0n) is 12.0. The molecule has 0 saturated carbocycles. The van der Waals surface area contributed by atoms with Gasteiger partial charge in [-0.25, -0.2) is 0 Å². The van der Waals surface area contributed by atoms with Gasteiger partial charge in [0, 0.05) is 45.3 Å². The topological polar surface area (TPSA) is 13.0 Å². The summed E-state index contributed by atoms with van der Waals surface area (Å²) in [5, 5.41) is 0. The highest BCUT2D eigenvalue weighted by Gasteiger charge is 2.37. The monoisotopic (exact) mass is 252 g/mol. The lowest BCUT2D eigenvalue weighted by atomic mass is 9.90. The summed E-state index contributed by atoms with van der Waals surface area (Å²) < 4.78 is 0.